The van der Waals surface area contributed by atoms with Crippen molar-refractivity contribution >= 4 is 29.5 Å². The molecule has 0 aromatic rings. The summed E-state index contributed by atoms with van der Waals surface area (Å²) in [6.45, 7) is 11.7. The molecule has 0 heterocycles. The lowest BCUT2D eigenvalue weighted by Crippen LogP contribution is -2.54. The number of ether oxygens (including phenoxy) is 3. The molecule has 0 aliphatic heterocycles. The summed E-state index contributed by atoms with van der Waals surface area (Å²) in [6, 6.07) is -2.20. The molecule has 0 radical (unpaired) electrons. The van der Waals surface area contributed by atoms with Gasteiger partial charge in [0, 0.05) is 31.8 Å². The number of amides is 5. The van der Waals surface area contributed by atoms with Gasteiger partial charge in [-0.05, 0) is 18.8 Å². The Morgan fingerprint density at radius 1 is 0.744 bits per heavy atom. The zero-order valence-corrected chi connectivity index (χ0v) is 24.1. The van der Waals surface area contributed by atoms with Crippen molar-refractivity contribution in [2.45, 2.75) is 72.4 Å². The van der Waals surface area contributed by atoms with Crippen molar-refractivity contribution in [2.75, 3.05) is 52.7 Å². The van der Waals surface area contributed by atoms with Crippen molar-refractivity contribution in [3.8, 4) is 0 Å². The highest BCUT2D eigenvalue weighted by atomic mass is 16.5. The summed E-state index contributed by atoms with van der Waals surface area (Å²) < 4.78 is 16.2. The first-order valence-electron chi connectivity index (χ1n) is 13.7. The van der Waals surface area contributed by atoms with Crippen LogP contribution in [0.15, 0.2) is 0 Å². The van der Waals surface area contributed by atoms with Gasteiger partial charge in [-0.1, -0.05) is 34.6 Å². The summed E-state index contributed by atoms with van der Waals surface area (Å²) in [5, 5.41) is 10.7. The minimum absolute atomic E-state index is 0.0152. The summed E-state index contributed by atoms with van der Waals surface area (Å²) in [5.74, 6) is -1.42. The van der Waals surface area contributed by atoms with Gasteiger partial charge in [0.1, 0.15) is 6.04 Å². The number of Topliss-reactive ketones (excluding diaryl/α,β-unsaturated/α-hetero) is 1. The number of hydrogen-bond donors (Lipinski definition) is 5. The molecule has 0 rings (SSSR count). The average molecular weight is 560 g/mol. The Labute approximate surface area is 232 Å². The number of urea groups is 1. The Balaban J connectivity index is 4.32. The van der Waals surface area contributed by atoms with Crippen LogP contribution in [0.25, 0.3) is 0 Å². The normalized spacial score (nSPS) is 12.6. The molecule has 0 aliphatic rings. The largest absolute Gasteiger partial charge is 0.379 e. The smallest absolute Gasteiger partial charge is 0.312 e. The predicted octanol–water partition coefficient (Wildman–Crippen LogP) is 0.252. The van der Waals surface area contributed by atoms with Crippen LogP contribution in [0.3, 0.4) is 0 Å². The predicted molar refractivity (Wildman–Crippen MR) is 146 cm³/mol. The fraction of sp³-hybridized carbons (Fsp3) is 0.808. The van der Waals surface area contributed by atoms with E-state index in [0.717, 1.165) is 0 Å². The van der Waals surface area contributed by atoms with Crippen LogP contribution in [0.4, 0.5) is 4.79 Å². The molecule has 0 fully saturated rings. The first kappa shape index (κ1) is 36.2. The van der Waals surface area contributed by atoms with E-state index < -0.39 is 24.0 Å². The van der Waals surface area contributed by atoms with Crippen molar-refractivity contribution in [3.63, 3.8) is 0 Å². The van der Waals surface area contributed by atoms with Gasteiger partial charge in [-0.15, -0.1) is 0 Å². The number of carbonyl (C=O) groups excluding carboxylic acids is 5. The van der Waals surface area contributed by atoms with Crippen LogP contribution in [-0.2, 0) is 33.4 Å². The van der Waals surface area contributed by atoms with Crippen LogP contribution in [0.2, 0.25) is 0 Å². The van der Waals surface area contributed by atoms with E-state index in [1.165, 1.54) is 0 Å². The van der Waals surface area contributed by atoms with Gasteiger partial charge in [0.2, 0.25) is 17.7 Å². The third-order valence-electron chi connectivity index (χ3n) is 5.57. The Morgan fingerprint density at radius 3 is 1.87 bits per heavy atom. The third kappa shape index (κ3) is 19.0. The average Bonchev–Trinajstić information content (AvgIpc) is 2.88. The summed E-state index contributed by atoms with van der Waals surface area (Å²) >= 11 is 0. The lowest BCUT2D eigenvalue weighted by molar-refractivity contribution is -0.133. The molecule has 0 aliphatic carbocycles. The zero-order chi connectivity index (χ0) is 29.6. The summed E-state index contributed by atoms with van der Waals surface area (Å²) in [7, 11) is 0. The summed E-state index contributed by atoms with van der Waals surface area (Å²) in [4.78, 5) is 59.9. The Hall–Kier alpha value is -2.77. The highest BCUT2D eigenvalue weighted by Gasteiger charge is 2.29. The lowest BCUT2D eigenvalue weighted by Gasteiger charge is -2.26. The van der Waals surface area contributed by atoms with Crippen molar-refractivity contribution < 1.29 is 38.2 Å². The van der Waals surface area contributed by atoms with E-state index in [9.17, 15) is 24.0 Å². The number of nitrogens with two attached hydrogens (primary N) is 1. The topological polar surface area (TPSA) is 187 Å². The maximum Gasteiger partial charge on any atom is 0.312 e. The molecule has 5 amide bonds. The molecule has 2 unspecified atom stereocenters. The number of rotatable bonds is 23. The molecule has 0 saturated carbocycles. The maximum atomic E-state index is 13.0. The second-order valence-corrected chi connectivity index (χ2v) is 9.63. The van der Waals surface area contributed by atoms with E-state index in [2.05, 4.69) is 21.3 Å². The highest BCUT2D eigenvalue weighted by Crippen LogP contribution is 2.09. The maximum absolute atomic E-state index is 13.0. The molecule has 226 valence electrons. The molecule has 13 heteroatoms. The van der Waals surface area contributed by atoms with Crippen LogP contribution in [0, 0.1) is 11.8 Å². The Bertz CT molecular complexity index is 748. The number of primary amides is 1. The second kappa shape index (κ2) is 22.1. The molecule has 0 bridgehead atoms. The quantitative estimate of drug-likeness (QED) is 0.110. The molecule has 2 atom stereocenters. The Kier molecular flexibility index (Phi) is 20.5. The van der Waals surface area contributed by atoms with Crippen LogP contribution in [-0.4, -0.2) is 94.4 Å². The molecule has 0 aromatic carbocycles. The SMILES string of the molecule is CCC(=O)NCCOCCOCCOCCC(=O)NC(C(=O)NC(CCCNC(N)=O)C(=O)C(C)C)C(C)C. The molecule has 0 saturated heterocycles. The molecular weight excluding hydrogens is 510 g/mol. The van der Waals surface area contributed by atoms with Gasteiger partial charge in [-0.3, -0.25) is 19.2 Å². The van der Waals surface area contributed by atoms with E-state index in [-0.39, 0.29) is 49.0 Å². The summed E-state index contributed by atoms with van der Waals surface area (Å²) in [5.41, 5.74) is 5.06. The van der Waals surface area contributed by atoms with E-state index in [1.807, 2.05) is 0 Å². The van der Waals surface area contributed by atoms with Crippen molar-refractivity contribution in [3.05, 3.63) is 0 Å². The van der Waals surface area contributed by atoms with Crippen molar-refractivity contribution in [2.24, 2.45) is 17.6 Å². The highest BCUT2D eigenvalue weighted by molar-refractivity contribution is 5.93. The van der Waals surface area contributed by atoms with E-state index in [0.29, 0.717) is 58.8 Å². The second-order valence-electron chi connectivity index (χ2n) is 9.63. The van der Waals surface area contributed by atoms with Crippen molar-refractivity contribution in [1.82, 2.24) is 21.3 Å². The van der Waals surface area contributed by atoms with E-state index in [4.69, 9.17) is 19.9 Å². The first-order chi connectivity index (χ1) is 18.5. The molecule has 0 aromatic heterocycles. The molecule has 13 nitrogen and oxygen atoms in total. The molecule has 0 spiro atoms. The fourth-order valence-electron chi connectivity index (χ4n) is 3.34. The van der Waals surface area contributed by atoms with Gasteiger partial charge < -0.3 is 41.2 Å². The van der Waals surface area contributed by atoms with E-state index >= 15 is 0 Å². The zero-order valence-electron chi connectivity index (χ0n) is 24.1. The summed E-state index contributed by atoms with van der Waals surface area (Å²) in [6.07, 6.45) is 1.30. The van der Waals surface area contributed by atoms with Gasteiger partial charge in [0.25, 0.3) is 0 Å². The lowest BCUT2D eigenvalue weighted by atomic mass is 9.96. The number of carbonyl (C=O) groups is 5. The van der Waals surface area contributed by atoms with Gasteiger partial charge in [-0.2, -0.15) is 0 Å². The number of ketones is 1. The van der Waals surface area contributed by atoms with Gasteiger partial charge in [-0.25, -0.2) is 4.79 Å². The third-order valence-corrected chi connectivity index (χ3v) is 5.57. The molecular formula is C26H49N5O8. The van der Waals surface area contributed by atoms with Gasteiger partial charge >= 0.3 is 6.03 Å². The van der Waals surface area contributed by atoms with Gasteiger partial charge in [0.15, 0.2) is 5.78 Å². The number of nitrogens with one attached hydrogen (secondary N) is 4. The minimum Gasteiger partial charge on any atom is -0.379 e. The standard InChI is InChI=1S/C26H49N5O8/c1-6-21(32)28-11-13-38-15-17-39-16-14-37-12-9-22(33)31-23(18(2)3)25(35)30-20(24(34)19(4)5)8-7-10-29-26(27)36/h18-20,23H,6-17H2,1-5H3,(H,28,32)(H,30,35)(H,31,33)(H3,27,29,36). The van der Waals surface area contributed by atoms with Crippen LogP contribution >= 0.6 is 0 Å². The molecule has 39 heavy (non-hydrogen) atoms. The monoisotopic (exact) mass is 559 g/mol. The van der Waals surface area contributed by atoms with Crippen LogP contribution < -0.4 is 27.0 Å². The van der Waals surface area contributed by atoms with E-state index in [1.54, 1.807) is 34.6 Å². The number of hydrogen-bond acceptors (Lipinski definition) is 8. The van der Waals surface area contributed by atoms with Crippen molar-refractivity contribution in [1.29, 1.82) is 0 Å². The fourth-order valence-corrected chi connectivity index (χ4v) is 3.34. The first-order valence-corrected chi connectivity index (χ1v) is 13.7. The Morgan fingerprint density at radius 2 is 1.33 bits per heavy atom. The molecule has 6 N–H and O–H groups in total. The minimum atomic E-state index is -0.817. The van der Waals surface area contributed by atoms with Gasteiger partial charge in [0.05, 0.1) is 45.7 Å². The van der Waals surface area contributed by atoms with Crippen LogP contribution in [0.5, 0.6) is 0 Å². The van der Waals surface area contributed by atoms with Crippen LogP contribution in [0.1, 0.15) is 60.3 Å².